The molecule has 1 N–H and O–H groups in total. The molecule has 1 aromatic heterocycles. The van der Waals surface area contributed by atoms with Gasteiger partial charge in [-0.1, -0.05) is 24.2 Å². The summed E-state index contributed by atoms with van der Waals surface area (Å²) in [6.45, 7) is 6.45. The average Bonchev–Trinajstić information content (AvgIpc) is 2.99. The van der Waals surface area contributed by atoms with Crippen LogP contribution in [0.3, 0.4) is 0 Å². The van der Waals surface area contributed by atoms with Crippen LogP contribution in [0.2, 0.25) is 5.02 Å². The molecular formula is C25H26ClFN4O5. The third-order valence-corrected chi connectivity index (χ3v) is 7.10. The second kappa shape index (κ2) is 9.59. The zero-order chi connectivity index (χ0) is 25.6. The number of carbonyl (C=O) groups is 2. The highest BCUT2D eigenvalue weighted by Crippen LogP contribution is 2.45. The molecule has 0 aliphatic carbocycles. The van der Waals surface area contributed by atoms with Crippen molar-refractivity contribution in [2.24, 2.45) is 5.92 Å². The molecule has 0 spiro atoms. The highest BCUT2D eigenvalue weighted by atomic mass is 35.5. The van der Waals surface area contributed by atoms with Gasteiger partial charge in [-0.15, -0.1) is 0 Å². The van der Waals surface area contributed by atoms with E-state index < -0.39 is 17.8 Å². The molecule has 0 saturated carbocycles. The summed E-state index contributed by atoms with van der Waals surface area (Å²) in [7, 11) is 2.00. The van der Waals surface area contributed by atoms with Gasteiger partial charge in [0.2, 0.25) is 11.8 Å². The summed E-state index contributed by atoms with van der Waals surface area (Å²) in [4.78, 5) is 35.7. The predicted molar refractivity (Wildman–Crippen MR) is 130 cm³/mol. The summed E-state index contributed by atoms with van der Waals surface area (Å²) in [6, 6.07) is 3.44. The number of phenols is 1. The molecule has 1 aromatic carbocycles. The number of hydrogen-bond acceptors (Lipinski definition) is 7. The van der Waals surface area contributed by atoms with Gasteiger partial charge in [0.05, 0.1) is 18.2 Å². The van der Waals surface area contributed by atoms with Crippen molar-refractivity contribution in [2.75, 3.05) is 53.0 Å². The molecule has 4 heterocycles. The van der Waals surface area contributed by atoms with Gasteiger partial charge >= 0.3 is 0 Å². The predicted octanol–water partition coefficient (Wildman–Crippen LogP) is 2.42. The van der Waals surface area contributed by atoms with Gasteiger partial charge in [0.15, 0.2) is 5.75 Å². The van der Waals surface area contributed by atoms with Crippen molar-refractivity contribution in [1.82, 2.24) is 19.7 Å². The van der Waals surface area contributed by atoms with E-state index in [-0.39, 0.29) is 70.7 Å². The summed E-state index contributed by atoms with van der Waals surface area (Å²) in [6.07, 6.45) is 1.24. The SMILES string of the molecule is C=CC(=O)N1CCN2C(=O)c3c(OCC4CN(C)C4)nc(-c4c(O)cccc4F)c(Cl)c3OCC2C1. The lowest BCUT2D eigenvalue weighted by molar-refractivity contribution is -0.128. The Morgan fingerprint density at radius 1 is 1.33 bits per heavy atom. The number of amides is 2. The van der Waals surface area contributed by atoms with E-state index >= 15 is 0 Å². The summed E-state index contributed by atoms with van der Waals surface area (Å²) in [5.41, 5.74) is -0.236. The number of aromatic nitrogens is 1. The van der Waals surface area contributed by atoms with Crippen molar-refractivity contribution in [3.8, 4) is 28.6 Å². The molecule has 11 heteroatoms. The van der Waals surface area contributed by atoms with Crippen LogP contribution >= 0.6 is 11.6 Å². The van der Waals surface area contributed by atoms with Gasteiger partial charge in [-0.25, -0.2) is 9.37 Å². The second-order valence-corrected chi connectivity index (χ2v) is 9.65. The second-order valence-electron chi connectivity index (χ2n) is 9.27. The molecule has 36 heavy (non-hydrogen) atoms. The van der Waals surface area contributed by atoms with Gasteiger partial charge < -0.3 is 29.3 Å². The zero-order valence-corrected chi connectivity index (χ0v) is 20.5. The number of ether oxygens (including phenoxy) is 2. The number of benzene rings is 1. The van der Waals surface area contributed by atoms with Gasteiger partial charge in [0.1, 0.15) is 34.5 Å². The van der Waals surface area contributed by atoms with Crippen molar-refractivity contribution in [2.45, 2.75) is 6.04 Å². The number of piperazine rings is 1. The normalized spacial score (nSPS) is 20.1. The Morgan fingerprint density at radius 2 is 2.11 bits per heavy atom. The zero-order valence-electron chi connectivity index (χ0n) is 19.7. The van der Waals surface area contributed by atoms with Gasteiger partial charge in [0, 0.05) is 38.6 Å². The quantitative estimate of drug-likeness (QED) is 0.610. The Bertz CT molecular complexity index is 1220. The van der Waals surface area contributed by atoms with Gasteiger partial charge in [-0.05, 0) is 25.3 Å². The van der Waals surface area contributed by atoms with Crippen LogP contribution in [0.15, 0.2) is 30.9 Å². The third kappa shape index (κ3) is 4.24. The number of nitrogens with zero attached hydrogens (tertiary/aromatic N) is 4. The maximum atomic E-state index is 14.8. The first-order valence-electron chi connectivity index (χ1n) is 11.7. The number of carbonyl (C=O) groups excluding carboxylic acids is 2. The molecule has 3 aliphatic heterocycles. The number of fused-ring (bicyclic) bond motifs is 2. The molecule has 0 bridgehead atoms. The number of phenolic OH excluding ortho intramolecular Hbond substituents is 1. The first-order valence-corrected chi connectivity index (χ1v) is 12.0. The van der Waals surface area contributed by atoms with Crippen molar-refractivity contribution in [3.63, 3.8) is 0 Å². The van der Waals surface area contributed by atoms with Crippen molar-refractivity contribution in [3.05, 3.63) is 47.3 Å². The molecule has 2 amide bonds. The summed E-state index contributed by atoms with van der Waals surface area (Å²) in [5, 5.41) is 10.3. The maximum Gasteiger partial charge on any atom is 0.263 e. The Labute approximate surface area is 212 Å². The Morgan fingerprint density at radius 3 is 2.81 bits per heavy atom. The van der Waals surface area contributed by atoms with Crippen LogP contribution in [-0.2, 0) is 4.79 Å². The molecule has 2 fully saturated rings. The fourth-order valence-electron chi connectivity index (χ4n) is 4.91. The Kier molecular flexibility index (Phi) is 6.48. The molecule has 9 nitrogen and oxygen atoms in total. The van der Waals surface area contributed by atoms with E-state index in [1.165, 1.54) is 24.3 Å². The molecule has 2 saturated heterocycles. The number of halogens is 2. The van der Waals surface area contributed by atoms with E-state index in [0.717, 1.165) is 13.1 Å². The van der Waals surface area contributed by atoms with E-state index in [0.29, 0.717) is 13.2 Å². The highest BCUT2D eigenvalue weighted by Gasteiger charge is 2.40. The lowest BCUT2D eigenvalue weighted by Gasteiger charge is -2.39. The van der Waals surface area contributed by atoms with Crippen LogP contribution < -0.4 is 9.47 Å². The molecule has 190 valence electrons. The van der Waals surface area contributed by atoms with Crippen molar-refractivity contribution >= 4 is 23.4 Å². The monoisotopic (exact) mass is 516 g/mol. The fraction of sp³-hybridized carbons (Fsp3) is 0.400. The summed E-state index contributed by atoms with van der Waals surface area (Å²) < 4.78 is 26.9. The van der Waals surface area contributed by atoms with Gasteiger partial charge in [-0.3, -0.25) is 9.59 Å². The number of hydrogen-bond donors (Lipinski definition) is 1. The average molecular weight is 517 g/mol. The van der Waals surface area contributed by atoms with Crippen molar-refractivity contribution < 1.29 is 28.6 Å². The topological polar surface area (TPSA) is 95.4 Å². The van der Waals surface area contributed by atoms with Crippen LogP contribution in [0.25, 0.3) is 11.3 Å². The number of aromatic hydroxyl groups is 1. The molecule has 3 aliphatic rings. The molecule has 2 aromatic rings. The smallest absolute Gasteiger partial charge is 0.263 e. The van der Waals surface area contributed by atoms with E-state index in [9.17, 15) is 19.1 Å². The minimum Gasteiger partial charge on any atom is -0.507 e. The van der Waals surface area contributed by atoms with Crippen molar-refractivity contribution in [1.29, 1.82) is 0 Å². The van der Waals surface area contributed by atoms with Crippen LogP contribution in [0.4, 0.5) is 4.39 Å². The molecule has 5 rings (SSSR count). The molecule has 1 unspecified atom stereocenters. The number of pyridine rings is 1. The van der Waals surface area contributed by atoms with Crippen LogP contribution in [0.1, 0.15) is 10.4 Å². The molecular weight excluding hydrogens is 491 g/mol. The van der Waals surface area contributed by atoms with Crippen LogP contribution in [0, 0.1) is 11.7 Å². The molecule has 1 atom stereocenters. The van der Waals surface area contributed by atoms with E-state index in [2.05, 4.69) is 16.5 Å². The highest BCUT2D eigenvalue weighted by molar-refractivity contribution is 6.35. The Hall–Kier alpha value is -3.37. The minimum atomic E-state index is -0.730. The first kappa shape index (κ1) is 24.3. The molecule has 0 radical (unpaired) electrons. The number of rotatable bonds is 5. The van der Waals surface area contributed by atoms with Crippen LogP contribution in [0.5, 0.6) is 17.4 Å². The number of likely N-dealkylation sites (tertiary alicyclic amines) is 1. The fourth-order valence-corrected chi connectivity index (χ4v) is 5.20. The van der Waals surface area contributed by atoms with E-state index in [1.807, 2.05) is 7.05 Å². The summed E-state index contributed by atoms with van der Waals surface area (Å²) >= 11 is 6.66. The van der Waals surface area contributed by atoms with Crippen LogP contribution in [-0.4, -0.2) is 95.6 Å². The summed E-state index contributed by atoms with van der Waals surface area (Å²) in [5.74, 6) is -1.47. The standard InChI is InChI=1S/C25H26ClFN4O5/c1-3-18(33)30-7-8-31-15(11-30)13-35-23-20(25(31)34)24(36-12-14-9-29(2)10-14)28-22(21(23)26)19-16(27)5-4-6-17(19)32/h3-6,14-15,32H,1,7-13H2,2H3. The van der Waals surface area contributed by atoms with E-state index in [1.54, 1.807) is 9.80 Å². The lowest BCUT2D eigenvalue weighted by atomic mass is 10.0. The van der Waals surface area contributed by atoms with Gasteiger partial charge in [-0.2, -0.15) is 0 Å². The lowest BCUT2D eigenvalue weighted by Crippen LogP contribution is -2.57. The van der Waals surface area contributed by atoms with Gasteiger partial charge in [0.25, 0.3) is 5.91 Å². The first-order chi connectivity index (χ1) is 17.3. The third-order valence-electron chi connectivity index (χ3n) is 6.75. The Balaban J connectivity index is 1.57. The van der Waals surface area contributed by atoms with E-state index in [4.69, 9.17) is 21.1 Å². The largest absolute Gasteiger partial charge is 0.507 e. The maximum absolute atomic E-state index is 14.8. The minimum absolute atomic E-state index is 0.0195.